The van der Waals surface area contributed by atoms with E-state index in [1.165, 1.54) is 0 Å². The Labute approximate surface area is 106 Å². The molecule has 2 unspecified atom stereocenters. The van der Waals surface area contributed by atoms with Gasteiger partial charge in [-0.25, -0.2) is 4.79 Å². The lowest BCUT2D eigenvalue weighted by Gasteiger charge is -2.16. The van der Waals surface area contributed by atoms with Crippen molar-refractivity contribution in [2.45, 2.75) is 12.2 Å². The minimum absolute atomic E-state index is 0.0472. The van der Waals surface area contributed by atoms with E-state index in [0.717, 1.165) is 5.56 Å². The van der Waals surface area contributed by atoms with Crippen molar-refractivity contribution in [1.29, 1.82) is 0 Å². The van der Waals surface area contributed by atoms with E-state index in [2.05, 4.69) is 4.36 Å². The molecule has 1 heterocycles. The van der Waals surface area contributed by atoms with Crippen LogP contribution in [0, 0.1) is 0 Å². The van der Waals surface area contributed by atoms with Gasteiger partial charge in [0, 0.05) is 11.0 Å². The van der Waals surface area contributed by atoms with Gasteiger partial charge in [-0.05, 0) is 5.56 Å². The van der Waals surface area contributed by atoms with Crippen LogP contribution in [0.2, 0.25) is 0 Å². The van der Waals surface area contributed by atoms with Crippen LogP contribution in [0.1, 0.15) is 5.56 Å². The molecule has 0 aliphatic carbocycles. The zero-order valence-corrected chi connectivity index (χ0v) is 10.1. The number of esters is 1. The topological polar surface area (TPSA) is 96.2 Å². The lowest BCUT2D eigenvalue weighted by Crippen LogP contribution is -2.47. The average Bonchev–Trinajstić information content (AvgIpc) is 2.62. The molecule has 1 aromatic rings. The summed E-state index contributed by atoms with van der Waals surface area (Å²) in [6, 6.07) is 8.86. The minimum Gasteiger partial charge on any atom is -0.458 e. The number of hydrogen-bond acceptors (Lipinski definition) is 4. The van der Waals surface area contributed by atoms with Crippen LogP contribution in [0.4, 0.5) is 0 Å². The van der Waals surface area contributed by atoms with E-state index in [1.807, 2.05) is 6.07 Å². The van der Waals surface area contributed by atoms with Crippen molar-refractivity contribution in [1.82, 2.24) is 0 Å². The van der Waals surface area contributed by atoms with Gasteiger partial charge in [0.2, 0.25) is 0 Å². The van der Waals surface area contributed by atoms with Crippen molar-refractivity contribution in [3.05, 3.63) is 35.9 Å². The number of aliphatic hydroxyl groups is 1. The van der Waals surface area contributed by atoms with Crippen molar-refractivity contribution >= 4 is 22.8 Å². The number of benzene rings is 1. The number of carbonyl (C=O) groups is 2. The molecule has 6 nitrogen and oxygen atoms in total. The maximum absolute atomic E-state index is 11.6. The minimum atomic E-state index is -2.34. The number of rotatable bonds is 3. The van der Waals surface area contributed by atoms with E-state index in [1.54, 1.807) is 24.3 Å². The second-order valence-electron chi connectivity index (χ2n) is 3.80. The average molecular weight is 269 g/mol. The van der Waals surface area contributed by atoms with Gasteiger partial charge in [-0.3, -0.25) is 4.79 Å². The van der Waals surface area contributed by atoms with Crippen LogP contribution in [0.15, 0.2) is 34.7 Å². The molecule has 0 aromatic heterocycles. The van der Waals surface area contributed by atoms with Crippen molar-refractivity contribution in [2.24, 2.45) is 4.36 Å². The first-order valence-electron chi connectivity index (χ1n) is 5.12. The molecule has 2 N–H and O–H groups in total. The molecule has 1 amide bonds. The molecule has 1 aromatic carbocycles. The summed E-state index contributed by atoms with van der Waals surface area (Å²) in [5.41, 5.74) is -1.60. The molecule has 2 atom stereocenters. The van der Waals surface area contributed by atoms with Gasteiger partial charge in [0.25, 0.3) is 11.5 Å². The maximum Gasteiger partial charge on any atom is 0.349 e. The van der Waals surface area contributed by atoms with Gasteiger partial charge in [0.05, 0.1) is 5.75 Å². The lowest BCUT2D eigenvalue weighted by molar-refractivity contribution is -0.168. The van der Waals surface area contributed by atoms with Gasteiger partial charge in [0.15, 0.2) is 0 Å². The van der Waals surface area contributed by atoms with E-state index in [0.29, 0.717) is 0 Å². The van der Waals surface area contributed by atoms with E-state index < -0.39 is 34.2 Å². The molecule has 1 aliphatic heterocycles. The molecular formula is C11H11NO5S. The second-order valence-corrected chi connectivity index (χ2v) is 4.95. The van der Waals surface area contributed by atoms with Gasteiger partial charge in [-0.15, -0.1) is 0 Å². The molecule has 0 radical (unpaired) electrons. The van der Waals surface area contributed by atoms with Crippen molar-refractivity contribution in [2.75, 3.05) is 5.75 Å². The SMILES string of the molecule is O=C1N=S(O)CC1(O)C(=O)OCc1ccccc1. The summed E-state index contributed by atoms with van der Waals surface area (Å²) in [7, 11) is -1.62. The normalized spacial score (nSPS) is 26.8. The second kappa shape index (κ2) is 4.97. The molecular weight excluding hydrogens is 258 g/mol. The summed E-state index contributed by atoms with van der Waals surface area (Å²) in [6.07, 6.45) is 0. The Bertz CT molecular complexity index is 515. The summed E-state index contributed by atoms with van der Waals surface area (Å²) in [5, 5.41) is 9.81. The van der Waals surface area contributed by atoms with Crippen LogP contribution >= 0.6 is 0 Å². The molecule has 2 rings (SSSR count). The number of amides is 1. The molecule has 0 fully saturated rings. The van der Waals surface area contributed by atoms with Crippen LogP contribution in [0.25, 0.3) is 0 Å². The molecule has 7 heteroatoms. The summed E-state index contributed by atoms with van der Waals surface area (Å²) >= 11 is 0. The highest BCUT2D eigenvalue weighted by atomic mass is 32.2. The van der Waals surface area contributed by atoms with Crippen molar-refractivity contribution in [3.8, 4) is 0 Å². The maximum atomic E-state index is 11.6. The van der Waals surface area contributed by atoms with Gasteiger partial charge in [-0.1, -0.05) is 30.3 Å². The molecule has 1 aliphatic rings. The summed E-state index contributed by atoms with van der Waals surface area (Å²) in [5.74, 6) is -2.56. The molecule has 0 bridgehead atoms. The smallest absolute Gasteiger partial charge is 0.349 e. The largest absolute Gasteiger partial charge is 0.458 e. The van der Waals surface area contributed by atoms with Crippen molar-refractivity contribution < 1.29 is 24.0 Å². The van der Waals surface area contributed by atoms with Gasteiger partial charge >= 0.3 is 5.97 Å². The zero-order chi connectivity index (χ0) is 13.2. The molecule has 18 heavy (non-hydrogen) atoms. The first kappa shape index (κ1) is 12.9. The molecule has 0 saturated heterocycles. The standard InChI is InChI=1S/C11H11NO5S/c13-9-11(15,7-18(16)12-9)10(14)17-6-8-4-2-1-3-5-8/h1-5,15H,6-7H2,(H,12,13,16). The number of ether oxygens (including phenoxy) is 1. The number of nitrogens with zero attached hydrogens (tertiary/aromatic N) is 1. The van der Waals surface area contributed by atoms with Crippen LogP contribution < -0.4 is 0 Å². The van der Waals surface area contributed by atoms with Crippen molar-refractivity contribution in [3.63, 3.8) is 0 Å². The Morgan fingerprint density at radius 1 is 1.44 bits per heavy atom. The fraction of sp³-hybridized carbons (Fsp3) is 0.273. The predicted octanol–water partition coefficient (Wildman–Crippen LogP) is 0.276. The fourth-order valence-electron chi connectivity index (χ4n) is 1.44. The van der Waals surface area contributed by atoms with Crippen LogP contribution in [-0.2, 0) is 31.9 Å². The van der Waals surface area contributed by atoms with Gasteiger partial charge < -0.3 is 14.4 Å². The van der Waals surface area contributed by atoms with Gasteiger partial charge in [0.1, 0.15) is 6.61 Å². The zero-order valence-electron chi connectivity index (χ0n) is 9.28. The third kappa shape index (κ3) is 2.47. The predicted molar refractivity (Wildman–Crippen MR) is 63.5 cm³/mol. The lowest BCUT2D eigenvalue weighted by atomic mass is 10.1. The summed E-state index contributed by atoms with van der Waals surface area (Å²) in [6.45, 7) is -0.0472. The summed E-state index contributed by atoms with van der Waals surface area (Å²) < 4.78 is 17.2. The van der Waals surface area contributed by atoms with E-state index in [-0.39, 0.29) is 6.61 Å². The Kier molecular flexibility index (Phi) is 3.55. The highest BCUT2D eigenvalue weighted by Gasteiger charge is 2.50. The van der Waals surface area contributed by atoms with Crippen LogP contribution in [0.3, 0.4) is 0 Å². The Morgan fingerprint density at radius 3 is 2.67 bits per heavy atom. The Balaban J connectivity index is 1.99. The summed E-state index contributed by atoms with van der Waals surface area (Å²) in [4.78, 5) is 22.9. The molecule has 0 spiro atoms. The highest BCUT2D eigenvalue weighted by Crippen LogP contribution is 2.19. The monoisotopic (exact) mass is 269 g/mol. The van der Waals surface area contributed by atoms with Crippen LogP contribution in [-0.4, -0.2) is 32.9 Å². The third-order valence-corrected chi connectivity index (χ3v) is 3.48. The van der Waals surface area contributed by atoms with Gasteiger partial charge in [-0.2, -0.15) is 4.36 Å². The molecule has 96 valence electrons. The first-order valence-corrected chi connectivity index (χ1v) is 6.43. The molecule has 0 saturated carbocycles. The number of hydrogen-bond donors (Lipinski definition) is 2. The quantitative estimate of drug-likeness (QED) is 0.606. The Morgan fingerprint density at radius 2 is 2.11 bits per heavy atom. The van der Waals surface area contributed by atoms with Crippen LogP contribution in [0.5, 0.6) is 0 Å². The van der Waals surface area contributed by atoms with E-state index in [9.17, 15) is 14.7 Å². The fourth-order valence-corrected chi connectivity index (χ4v) is 2.46. The third-order valence-electron chi connectivity index (χ3n) is 2.43. The first-order chi connectivity index (χ1) is 8.52. The number of carbonyl (C=O) groups excluding carboxylic acids is 2. The Hall–Kier alpha value is -1.57. The van der Waals surface area contributed by atoms with E-state index >= 15 is 0 Å². The van der Waals surface area contributed by atoms with E-state index in [4.69, 9.17) is 9.29 Å². The highest BCUT2D eigenvalue weighted by molar-refractivity contribution is 7.82.